The molecule has 2 rings (SSSR count). The minimum absolute atomic E-state index is 0.707. The molecule has 19 heavy (non-hydrogen) atoms. The molecular formula is C15H23ClN2O. The van der Waals surface area contributed by atoms with Crippen LogP contribution in [0, 0.1) is 5.92 Å². The zero-order chi connectivity index (χ0) is 13.5. The molecule has 0 radical (unpaired) electrons. The summed E-state index contributed by atoms with van der Waals surface area (Å²) in [5.74, 6) is 0.707. The molecule has 1 atom stereocenters. The molecule has 1 unspecified atom stereocenters. The van der Waals surface area contributed by atoms with E-state index in [0.29, 0.717) is 5.92 Å². The number of ether oxygens (including phenoxy) is 1. The Morgan fingerprint density at radius 3 is 3.11 bits per heavy atom. The predicted octanol–water partition coefficient (Wildman–Crippen LogP) is 2.40. The quantitative estimate of drug-likeness (QED) is 0.777. The Morgan fingerprint density at radius 1 is 1.47 bits per heavy atom. The molecule has 0 spiro atoms. The zero-order valence-electron chi connectivity index (χ0n) is 11.6. The number of benzene rings is 1. The summed E-state index contributed by atoms with van der Waals surface area (Å²) in [6.07, 6.45) is 1.20. The van der Waals surface area contributed by atoms with Gasteiger partial charge in [-0.1, -0.05) is 23.7 Å². The average Bonchev–Trinajstić information content (AvgIpc) is 2.88. The van der Waals surface area contributed by atoms with Crippen LogP contribution in [0.3, 0.4) is 0 Å². The first-order valence-electron chi connectivity index (χ1n) is 6.95. The number of nitrogens with one attached hydrogen (secondary N) is 1. The van der Waals surface area contributed by atoms with E-state index in [4.69, 9.17) is 16.3 Å². The molecule has 4 heteroatoms. The summed E-state index contributed by atoms with van der Waals surface area (Å²) in [6.45, 7) is 5.93. The van der Waals surface area contributed by atoms with Crippen molar-refractivity contribution in [2.75, 3.05) is 39.9 Å². The SMILES string of the molecule is CN(CCNCC1CCOC1)Cc1cccc(Cl)c1. The molecule has 1 aromatic rings. The fourth-order valence-electron chi connectivity index (χ4n) is 2.35. The smallest absolute Gasteiger partial charge is 0.0507 e. The van der Waals surface area contributed by atoms with E-state index in [1.54, 1.807) is 0 Å². The monoisotopic (exact) mass is 282 g/mol. The number of hydrogen-bond donors (Lipinski definition) is 1. The van der Waals surface area contributed by atoms with Crippen molar-refractivity contribution in [1.82, 2.24) is 10.2 Å². The van der Waals surface area contributed by atoms with Gasteiger partial charge in [0.15, 0.2) is 0 Å². The highest BCUT2D eigenvalue weighted by molar-refractivity contribution is 6.30. The highest BCUT2D eigenvalue weighted by Crippen LogP contribution is 2.12. The Bertz CT molecular complexity index is 380. The van der Waals surface area contributed by atoms with Crippen LogP contribution in [0.25, 0.3) is 0 Å². The molecule has 0 amide bonds. The van der Waals surface area contributed by atoms with E-state index in [2.05, 4.69) is 23.3 Å². The topological polar surface area (TPSA) is 24.5 Å². The van der Waals surface area contributed by atoms with Gasteiger partial charge in [-0.3, -0.25) is 0 Å². The average molecular weight is 283 g/mol. The van der Waals surface area contributed by atoms with Gasteiger partial charge >= 0.3 is 0 Å². The van der Waals surface area contributed by atoms with Crippen molar-refractivity contribution >= 4 is 11.6 Å². The maximum absolute atomic E-state index is 5.99. The third-order valence-corrected chi connectivity index (χ3v) is 3.70. The van der Waals surface area contributed by atoms with E-state index >= 15 is 0 Å². The predicted molar refractivity (Wildman–Crippen MR) is 79.6 cm³/mol. The molecule has 0 bridgehead atoms. The first-order valence-corrected chi connectivity index (χ1v) is 7.33. The number of nitrogens with zero attached hydrogens (tertiary/aromatic N) is 1. The number of rotatable bonds is 7. The Morgan fingerprint density at radius 2 is 2.37 bits per heavy atom. The van der Waals surface area contributed by atoms with Gasteiger partial charge < -0.3 is 15.0 Å². The van der Waals surface area contributed by atoms with Crippen LogP contribution in [0.2, 0.25) is 5.02 Å². The van der Waals surface area contributed by atoms with Crippen LogP contribution in [0.5, 0.6) is 0 Å². The van der Waals surface area contributed by atoms with Gasteiger partial charge in [0.2, 0.25) is 0 Å². The maximum Gasteiger partial charge on any atom is 0.0507 e. The van der Waals surface area contributed by atoms with Gasteiger partial charge in [-0.15, -0.1) is 0 Å². The van der Waals surface area contributed by atoms with E-state index in [1.807, 2.05) is 18.2 Å². The van der Waals surface area contributed by atoms with Gasteiger partial charge in [-0.2, -0.15) is 0 Å². The molecule has 0 saturated carbocycles. The lowest BCUT2D eigenvalue weighted by atomic mass is 10.1. The molecule has 3 nitrogen and oxygen atoms in total. The van der Waals surface area contributed by atoms with E-state index in [9.17, 15) is 0 Å². The van der Waals surface area contributed by atoms with Crippen LogP contribution < -0.4 is 5.32 Å². The van der Waals surface area contributed by atoms with E-state index in [-0.39, 0.29) is 0 Å². The molecule has 1 aromatic carbocycles. The molecule has 1 aliphatic rings. The minimum atomic E-state index is 0.707. The van der Waals surface area contributed by atoms with Gasteiger partial charge in [0.05, 0.1) is 6.61 Å². The van der Waals surface area contributed by atoms with Crippen molar-refractivity contribution in [3.05, 3.63) is 34.9 Å². The van der Waals surface area contributed by atoms with Crippen LogP contribution >= 0.6 is 11.6 Å². The summed E-state index contributed by atoms with van der Waals surface area (Å²) in [4.78, 5) is 2.31. The van der Waals surface area contributed by atoms with Crippen molar-refractivity contribution in [3.8, 4) is 0 Å². The van der Waals surface area contributed by atoms with Crippen LogP contribution in [0.4, 0.5) is 0 Å². The highest BCUT2D eigenvalue weighted by Gasteiger charge is 2.14. The van der Waals surface area contributed by atoms with Gasteiger partial charge in [-0.05, 0) is 37.1 Å². The summed E-state index contributed by atoms with van der Waals surface area (Å²) in [6, 6.07) is 8.06. The maximum atomic E-state index is 5.99. The Kier molecular flexibility index (Phi) is 6.11. The molecule has 1 fully saturated rings. The summed E-state index contributed by atoms with van der Waals surface area (Å²) in [7, 11) is 2.14. The van der Waals surface area contributed by atoms with Crippen LogP contribution in [-0.2, 0) is 11.3 Å². The van der Waals surface area contributed by atoms with Crippen LogP contribution in [0.15, 0.2) is 24.3 Å². The fourth-order valence-corrected chi connectivity index (χ4v) is 2.56. The number of likely N-dealkylation sites (N-methyl/N-ethyl adjacent to an activating group) is 1. The first-order chi connectivity index (χ1) is 9.24. The first kappa shape index (κ1) is 14.8. The Balaban J connectivity index is 1.60. The summed E-state index contributed by atoms with van der Waals surface area (Å²) < 4.78 is 5.36. The second-order valence-corrected chi connectivity index (χ2v) is 5.74. The van der Waals surface area contributed by atoms with Crippen molar-refractivity contribution in [3.63, 3.8) is 0 Å². The standard InChI is InChI=1S/C15H23ClN2O/c1-18(11-13-3-2-4-15(16)9-13)7-6-17-10-14-5-8-19-12-14/h2-4,9,14,17H,5-8,10-12H2,1H3. The van der Waals surface area contributed by atoms with Gasteiger partial charge in [0.25, 0.3) is 0 Å². The second-order valence-electron chi connectivity index (χ2n) is 5.30. The second kappa shape index (κ2) is 7.85. The summed E-state index contributed by atoms with van der Waals surface area (Å²) >= 11 is 5.99. The molecule has 0 aliphatic carbocycles. The van der Waals surface area contributed by atoms with Crippen LogP contribution in [-0.4, -0.2) is 44.8 Å². The molecular weight excluding hydrogens is 260 g/mol. The molecule has 0 aromatic heterocycles. The Hall–Kier alpha value is -0.610. The van der Waals surface area contributed by atoms with Crippen molar-refractivity contribution < 1.29 is 4.74 Å². The molecule has 106 valence electrons. The van der Waals surface area contributed by atoms with Crippen molar-refractivity contribution in [2.45, 2.75) is 13.0 Å². The highest BCUT2D eigenvalue weighted by atomic mass is 35.5. The lowest BCUT2D eigenvalue weighted by molar-refractivity contribution is 0.185. The number of halogens is 1. The molecule has 1 heterocycles. The zero-order valence-corrected chi connectivity index (χ0v) is 12.3. The van der Waals surface area contributed by atoms with Gasteiger partial charge in [0, 0.05) is 37.8 Å². The third kappa shape index (κ3) is 5.49. The third-order valence-electron chi connectivity index (χ3n) is 3.47. The minimum Gasteiger partial charge on any atom is -0.381 e. The molecule has 1 saturated heterocycles. The fraction of sp³-hybridized carbons (Fsp3) is 0.600. The summed E-state index contributed by atoms with van der Waals surface area (Å²) in [5, 5.41) is 4.32. The van der Waals surface area contributed by atoms with Gasteiger partial charge in [0.1, 0.15) is 0 Å². The van der Waals surface area contributed by atoms with E-state index < -0.39 is 0 Å². The van der Waals surface area contributed by atoms with Crippen molar-refractivity contribution in [2.24, 2.45) is 5.92 Å². The van der Waals surface area contributed by atoms with Crippen molar-refractivity contribution in [1.29, 1.82) is 0 Å². The van der Waals surface area contributed by atoms with Crippen LogP contribution in [0.1, 0.15) is 12.0 Å². The van der Waals surface area contributed by atoms with E-state index in [1.165, 1.54) is 12.0 Å². The Labute approximate surface area is 120 Å². The van der Waals surface area contributed by atoms with Gasteiger partial charge in [-0.25, -0.2) is 0 Å². The summed E-state index contributed by atoms with van der Waals surface area (Å²) in [5.41, 5.74) is 1.26. The molecule has 1 aliphatic heterocycles. The van der Waals surface area contributed by atoms with E-state index in [0.717, 1.165) is 44.4 Å². The molecule has 1 N–H and O–H groups in total. The lowest BCUT2D eigenvalue weighted by Crippen LogP contribution is -2.32. The number of hydrogen-bond acceptors (Lipinski definition) is 3. The normalized spacial score (nSPS) is 19.2. The largest absolute Gasteiger partial charge is 0.381 e. The lowest BCUT2D eigenvalue weighted by Gasteiger charge is -2.18.